The van der Waals surface area contributed by atoms with Crippen molar-refractivity contribution in [2.45, 2.75) is 44.4 Å². The molecule has 1 N–H and O–H groups in total. The van der Waals surface area contributed by atoms with Crippen LogP contribution in [-0.4, -0.2) is 31.1 Å². The molecule has 0 saturated carbocycles. The topological polar surface area (TPSA) is 15.3 Å². The average Bonchev–Trinajstić information content (AvgIpc) is 2.89. The minimum absolute atomic E-state index is 0.161. The molecule has 1 fully saturated rings. The number of piperidine rings is 1. The molecule has 0 bridgehead atoms. The van der Waals surface area contributed by atoms with Gasteiger partial charge in [0.05, 0.1) is 0 Å². The van der Waals surface area contributed by atoms with Crippen LogP contribution in [0.25, 0.3) is 0 Å². The Hall–Kier alpha value is -2.98. The number of hydrogen-bond donors (Lipinski definition) is 1. The largest absolute Gasteiger partial charge is 0.388 e. The van der Waals surface area contributed by atoms with Crippen LogP contribution in [-0.2, 0) is 6.42 Å². The van der Waals surface area contributed by atoms with E-state index in [-0.39, 0.29) is 17.6 Å². The third-order valence-corrected chi connectivity index (χ3v) is 7.18. The van der Waals surface area contributed by atoms with Gasteiger partial charge in [0, 0.05) is 18.2 Å². The van der Waals surface area contributed by atoms with E-state index >= 15 is 0 Å². The SMILES string of the molecule is C=C(NCCCN1CCC(c2cccc(CC)c2)CC1)C(c1ccc(F)cc1)c1ccc(F)cc1. The van der Waals surface area contributed by atoms with E-state index in [1.807, 2.05) is 0 Å². The van der Waals surface area contributed by atoms with Gasteiger partial charge in [0.2, 0.25) is 0 Å². The summed E-state index contributed by atoms with van der Waals surface area (Å²) in [4.78, 5) is 2.56. The van der Waals surface area contributed by atoms with Gasteiger partial charge in [-0.05, 0) is 97.8 Å². The van der Waals surface area contributed by atoms with Crippen LogP contribution in [0.2, 0.25) is 0 Å². The van der Waals surface area contributed by atoms with Gasteiger partial charge in [0.25, 0.3) is 0 Å². The molecule has 4 rings (SSSR count). The van der Waals surface area contributed by atoms with Crippen LogP contribution in [0.15, 0.2) is 85.1 Å². The minimum atomic E-state index is -0.271. The van der Waals surface area contributed by atoms with Crippen LogP contribution in [0, 0.1) is 11.6 Å². The first-order valence-corrected chi connectivity index (χ1v) is 12.8. The molecular formula is C31H36F2N2. The molecule has 0 radical (unpaired) electrons. The highest BCUT2D eigenvalue weighted by molar-refractivity contribution is 5.39. The minimum Gasteiger partial charge on any atom is -0.388 e. The van der Waals surface area contributed by atoms with Crippen molar-refractivity contribution in [2.75, 3.05) is 26.2 Å². The first kappa shape index (κ1) is 25.1. The maximum Gasteiger partial charge on any atom is 0.123 e. The van der Waals surface area contributed by atoms with Crippen LogP contribution in [0.1, 0.15) is 60.3 Å². The Bertz CT molecular complexity index is 1040. The van der Waals surface area contributed by atoms with E-state index in [4.69, 9.17) is 0 Å². The number of allylic oxidation sites excluding steroid dienone is 1. The zero-order valence-electron chi connectivity index (χ0n) is 20.7. The fourth-order valence-corrected chi connectivity index (χ4v) is 5.12. The summed E-state index contributed by atoms with van der Waals surface area (Å²) >= 11 is 0. The quantitative estimate of drug-likeness (QED) is 0.317. The second kappa shape index (κ2) is 12.1. The number of nitrogens with zero attached hydrogens (tertiary/aromatic N) is 1. The van der Waals surface area contributed by atoms with Gasteiger partial charge < -0.3 is 10.2 Å². The van der Waals surface area contributed by atoms with E-state index in [0.717, 1.165) is 55.8 Å². The number of nitrogens with one attached hydrogen (secondary N) is 1. The predicted octanol–water partition coefficient (Wildman–Crippen LogP) is 7.03. The third kappa shape index (κ3) is 6.79. The molecule has 0 atom stereocenters. The fourth-order valence-electron chi connectivity index (χ4n) is 5.12. The molecule has 4 heteroatoms. The van der Waals surface area contributed by atoms with Crippen LogP contribution in [0.3, 0.4) is 0 Å². The summed E-state index contributed by atoms with van der Waals surface area (Å²) in [6.45, 7) is 10.6. The van der Waals surface area contributed by atoms with Crippen molar-refractivity contribution in [1.29, 1.82) is 0 Å². The van der Waals surface area contributed by atoms with Gasteiger partial charge >= 0.3 is 0 Å². The standard InChI is InChI=1S/C31H36F2N2/c1-3-24-6-4-7-28(22-24)25-16-20-35(21-17-25)19-5-18-34-23(2)31(26-8-12-29(32)13-9-26)27-10-14-30(33)15-11-27/h4,6-15,22,25,31,34H,2-3,5,16-21H2,1H3. The Labute approximate surface area is 208 Å². The lowest BCUT2D eigenvalue weighted by atomic mass is 9.88. The molecule has 0 amide bonds. The Kier molecular flexibility index (Phi) is 8.70. The van der Waals surface area contributed by atoms with E-state index in [1.54, 1.807) is 24.3 Å². The first-order valence-electron chi connectivity index (χ1n) is 12.8. The summed E-state index contributed by atoms with van der Waals surface area (Å²) in [6, 6.07) is 22.0. The number of benzene rings is 3. The molecular weight excluding hydrogens is 438 g/mol. The van der Waals surface area contributed by atoms with Gasteiger partial charge in [-0.25, -0.2) is 8.78 Å². The average molecular weight is 475 g/mol. The van der Waals surface area contributed by atoms with Crippen molar-refractivity contribution < 1.29 is 8.78 Å². The highest BCUT2D eigenvalue weighted by Gasteiger charge is 2.21. The van der Waals surface area contributed by atoms with E-state index < -0.39 is 0 Å². The van der Waals surface area contributed by atoms with Gasteiger partial charge in [-0.1, -0.05) is 62.0 Å². The van der Waals surface area contributed by atoms with E-state index in [9.17, 15) is 8.78 Å². The smallest absolute Gasteiger partial charge is 0.123 e. The fraction of sp³-hybridized carbons (Fsp3) is 0.355. The van der Waals surface area contributed by atoms with Crippen molar-refractivity contribution >= 4 is 0 Å². The molecule has 1 saturated heterocycles. The van der Waals surface area contributed by atoms with Gasteiger partial charge in [0.15, 0.2) is 0 Å². The van der Waals surface area contributed by atoms with E-state index in [0.29, 0.717) is 5.92 Å². The van der Waals surface area contributed by atoms with E-state index in [1.165, 1.54) is 48.2 Å². The van der Waals surface area contributed by atoms with Crippen molar-refractivity contribution in [1.82, 2.24) is 10.2 Å². The van der Waals surface area contributed by atoms with Crippen molar-refractivity contribution in [3.05, 3.63) is 119 Å². The highest BCUT2D eigenvalue weighted by atomic mass is 19.1. The molecule has 0 spiro atoms. The first-order chi connectivity index (χ1) is 17.0. The van der Waals surface area contributed by atoms with Gasteiger partial charge in [0.1, 0.15) is 11.6 Å². The van der Waals surface area contributed by atoms with Crippen LogP contribution in [0.4, 0.5) is 8.78 Å². The third-order valence-electron chi connectivity index (χ3n) is 7.18. The summed E-state index contributed by atoms with van der Waals surface area (Å²) in [6.07, 6.45) is 4.54. The monoisotopic (exact) mass is 474 g/mol. The Morgan fingerprint density at radius 2 is 1.54 bits per heavy atom. The van der Waals surface area contributed by atoms with Crippen LogP contribution >= 0.6 is 0 Å². The van der Waals surface area contributed by atoms with Gasteiger partial charge in [-0.15, -0.1) is 0 Å². The van der Waals surface area contributed by atoms with Gasteiger partial charge in [-0.2, -0.15) is 0 Å². The number of halogens is 2. The Balaban J connectivity index is 1.27. The van der Waals surface area contributed by atoms with Crippen molar-refractivity contribution in [2.24, 2.45) is 0 Å². The Morgan fingerprint density at radius 1 is 0.943 bits per heavy atom. The predicted molar refractivity (Wildman–Crippen MR) is 141 cm³/mol. The molecule has 0 unspecified atom stereocenters. The summed E-state index contributed by atoms with van der Waals surface area (Å²) in [5.74, 6) is -0.0345. The van der Waals surface area contributed by atoms with Crippen molar-refractivity contribution in [3.63, 3.8) is 0 Å². The lowest BCUT2D eigenvalue weighted by Crippen LogP contribution is -2.35. The number of likely N-dealkylation sites (tertiary alicyclic amines) is 1. The molecule has 1 heterocycles. The highest BCUT2D eigenvalue weighted by Crippen LogP contribution is 2.31. The molecule has 1 aliphatic heterocycles. The van der Waals surface area contributed by atoms with Crippen molar-refractivity contribution in [3.8, 4) is 0 Å². The number of rotatable bonds is 10. The molecule has 184 valence electrons. The number of hydrogen-bond acceptors (Lipinski definition) is 2. The second-order valence-corrected chi connectivity index (χ2v) is 9.56. The van der Waals surface area contributed by atoms with E-state index in [2.05, 4.69) is 48.0 Å². The maximum atomic E-state index is 13.5. The molecule has 1 aliphatic rings. The lowest BCUT2D eigenvalue weighted by Gasteiger charge is -2.32. The summed E-state index contributed by atoms with van der Waals surface area (Å²) in [7, 11) is 0. The zero-order chi connectivity index (χ0) is 24.6. The summed E-state index contributed by atoms with van der Waals surface area (Å²) in [5.41, 5.74) is 5.64. The molecule has 0 aromatic heterocycles. The van der Waals surface area contributed by atoms with Crippen LogP contribution < -0.4 is 5.32 Å². The van der Waals surface area contributed by atoms with Crippen LogP contribution in [0.5, 0.6) is 0 Å². The maximum absolute atomic E-state index is 13.5. The summed E-state index contributed by atoms with van der Waals surface area (Å²) < 4.78 is 27.0. The molecule has 3 aromatic carbocycles. The number of aryl methyl sites for hydroxylation is 1. The summed E-state index contributed by atoms with van der Waals surface area (Å²) in [5, 5.41) is 3.49. The molecule has 35 heavy (non-hydrogen) atoms. The molecule has 0 aliphatic carbocycles. The zero-order valence-corrected chi connectivity index (χ0v) is 20.7. The van der Waals surface area contributed by atoms with Gasteiger partial charge in [-0.3, -0.25) is 0 Å². The normalized spacial score (nSPS) is 14.9. The lowest BCUT2D eigenvalue weighted by molar-refractivity contribution is 0.210. The molecule has 2 nitrogen and oxygen atoms in total. The Morgan fingerprint density at radius 3 is 2.11 bits per heavy atom. The molecule has 3 aromatic rings. The second-order valence-electron chi connectivity index (χ2n) is 9.56.